The first-order valence-electron chi connectivity index (χ1n) is 9.32. The van der Waals surface area contributed by atoms with Gasteiger partial charge in [0.15, 0.2) is 0 Å². The Hall–Kier alpha value is -2.84. The molecule has 30 heavy (non-hydrogen) atoms. The predicted octanol–water partition coefficient (Wildman–Crippen LogP) is 4.35. The Kier molecular flexibility index (Phi) is 7.12. The van der Waals surface area contributed by atoms with Crippen LogP contribution in [0.5, 0.6) is 0 Å². The number of anilines is 1. The van der Waals surface area contributed by atoms with Crippen molar-refractivity contribution in [3.63, 3.8) is 0 Å². The van der Waals surface area contributed by atoms with Crippen LogP contribution in [0.2, 0.25) is 5.02 Å². The lowest BCUT2D eigenvalue weighted by Gasteiger charge is -2.26. The second kappa shape index (κ2) is 9.77. The normalized spacial score (nSPS) is 13.1. The van der Waals surface area contributed by atoms with Crippen LogP contribution < -0.4 is 5.32 Å². The van der Waals surface area contributed by atoms with Crippen LogP contribution in [0.4, 0.5) is 9.80 Å². The Balaban J connectivity index is 1.82. The number of benzene rings is 1. The van der Waals surface area contributed by atoms with Gasteiger partial charge >= 0.3 is 12.1 Å². The predicted molar refractivity (Wildman–Crippen MR) is 116 cm³/mol. The van der Waals surface area contributed by atoms with Gasteiger partial charge in [-0.2, -0.15) is 0 Å². The molecular formula is C21H21ClN2O5S. The summed E-state index contributed by atoms with van der Waals surface area (Å²) in [4.78, 5) is 39.3. The Morgan fingerprint density at radius 2 is 2.07 bits per heavy atom. The fourth-order valence-corrected chi connectivity index (χ4v) is 4.56. The van der Waals surface area contributed by atoms with Gasteiger partial charge in [0.2, 0.25) is 5.91 Å². The summed E-state index contributed by atoms with van der Waals surface area (Å²) in [5, 5.41) is 3.68. The van der Waals surface area contributed by atoms with E-state index >= 15 is 0 Å². The molecule has 0 radical (unpaired) electrons. The molecule has 0 saturated carbocycles. The first kappa shape index (κ1) is 21.9. The Bertz CT molecular complexity index is 1000. The third-order valence-corrected chi connectivity index (χ3v) is 6.01. The SMILES string of the molecule is CCOC(=O)N1CCc2c(sc(NC(=O)/C=C/c3ccccc3Cl)c2C(=O)OC)C1. The highest BCUT2D eigenvalue weighted by Gasteiger charge is 2.31. The number of hydrogen-bond acceptors (Lipinski definition) is 6. The fraction of sp³-hybridized carbons (Fsp3) is 0.286. The number of halogens is 1. The molecule has 0 saturated heterocycles. The van der Waals surface area contributed by atoms with E-state index in [1.54, 1.807) is 36.1 Å². The topological polar surface area (TPSA) is 84.9 Å². The van der Waals surface area contributed by atoms with E-state index < -0.39 is 18.0 Å². The number of thiophene rings is 1. The number of rotatable bonds is 5. The zero-order valence-corrected chi connectivity index (χ0v) is 18.1. The van der Waals surface area contributed by atoms with Crippen LogP contribution in [0.15, 0.2) is 30.3 Å². The molecule has 1 aliphatic rings. The maximum absolute atomic E-state index is 12.5. The van der Waals surface area contributed by atoms with Crippen LogP contribution >= 0.6 is 22.9 Å². The maximum Gasteiger partial charge on any atom is 0.410 e. The summed E-state index contributed by atoms with van der Waals surface area (Å²) in [5.74, 6) is -0.927. The van der Waals surface area contributed by atoms with Crippen LogP contribution in [0.1, 0.15) is 33.3 Å². The van der Waals surface area contributed by atoms with Gasteiger partial charge in [0, 0.05) is 22.5 Å². The van der Waals surface area contributed by atoms with E-state index in [0.29, 0.717) is 47.3 Å². The first-order chi connectivity index (χ1) is 14.4. The first-order valence-corrected chi connectivity index (χ1v) is 10.5. The quantitative estimate of drug-likeness (QED) is 0.542. The zero-order valence-electron chi connectivity index (χ0n) is 16.6. The molecule has 0 aliphatic carbocycles. The van der Waals surface area contributed by atoms with Crippen molar-refractivity contribution in [1.82, 2.24) is 4.90 Å². The summed E-state index contributed by atoms with van der Waals surface area (Å²) in [6.45, 7) is 2.77. The molecule has 1 aliphatic heterocycles. The molecule has 1 aromatic heterocycles. The molecule has 2 heterocycles. The molecule has 0 fully saturated rings. The molecule has 7 nitrogen and oxygen atoms in total. The summed E-state index contributed by atoms with van der Waals surface area (Å²) in [7, 11) is 1.29. The lowest BCUT2D eigenvalue weighted by Crippen LogP contribution is -2.36. The van der Waals surface area contributed by atoms with Crippen molar-refractivity contribution in [2.24, 2.45) is 0 Å². The van der Waals surface area contributed by atoms with Crippen molar-refractivity contribution >= 4 is 52.0 Å². The van der Waals surface area contributed by atoms with Crippen molar-refractivity contribution in [3.05, 3.63) is 56.9 Å². The highest BCUT2D eigenvalue weighted by Crippen LogP contribution is 2.37. The summed E-state index contributed by atoms with van der Waals surface area (Å²) in [5.41, 5.74) is 1.83. The Morgan fingerprint density at radius 1 is 1.30 bits per heavy atom. The van der Waals surface area contributed by atoms with E-state index in [4.69, 9.17) is 21.1 Å². The van der Waals surface area contributed by atoms with E-state index in [-0.39, 0.29) is 0 Å². The summed E-state index contributed by atoms with van der Waals surface area (Å²) in [6, 6.07) is 7.15. The van der Waals surface area contributed by atoms with E-state index in [1.807, 2.05) is 6.07 Å². The van der Waals surface area contributed by atoms with Crippen molar-refractivity contribution in [2.45, 2.75) is 19.9 Å². The molecule has 2 amide bonds. The molecule has 1 N–H and O–H groups in total. The standard InChI is InChI=1S/C21H21ClN2O5S/c1-3-29-21(27)24-11-10-14-16(12-24)30-19(18(14)20(26)28-2)23-17(25)9-8-13-6-4-5-7-15(13)22/h4-9H,3,10-12H2,1-2H3,(H,23,25)/b9-8+. The fourth-order valence-electron chi connectivity index (χ4n) is 3.11. The highest BCUT2D eigenvalue weighted by atomic mass is 35.5. The average Bonchev–Trinajstić information content (AvgIpc) is 3.09. The minimum absolute atomic E-state index is 0.291. The van der Waals surface area contributed by atoms with Crippen molar-refractivity contribution in [2.75, 3.05) is 25.6 Å². The molecule has 3 rings (SSSR count). The minimum atomic E-state index is -0.525. The van der Waals surface area contributed by atoms with Gasteiger partial charge in [-0.1, -0.05) is 29.8 Å². The average molecular weight is 449 g/mol. The number of carbonyl (C=O) groups is 3. The third-order valence-electron chi connectivity index (χ3n) is 4.53. The zero-order chi connectivity index (χ0) is 21.7. The number of fused-ring (bicyclic) bond motifs is 1. The van der Waals surface area contributed by atoms with Gasteiger partial charge in [-0.05, 0) is 36.6 Å². The molecule has 2 aromatic rings. The minimum Gasteiger partial charge on any atom is -0.465 e. The van der Waals surface area contributed by atoms with E-state index in [2.05, 4.69) is 5.32 Å². The third kappa shape index (κ3) is 4.83. The summed E-state index contributed by atoms with van der Waals surface area (Å²) < 4.78 is 9.98. The Morgan fingerprint density at radius 3 is 2.77 bits per heavy atom. The number of nitrogens with zero attached hydrogens (tertiary/aromatic N) is 1. The molecule has 0 bridgehead atoms. The number of nitrogens with one attached hydrogen (secondary N) is 1. The van der Waals surface area contributed by atoms with Gasteiger partial charge in [-0.25, -0.2) is 9.59 Å². The highest BCUT2D eigenvalue weighted by molar-refractivity contribution is 7.17. The Labute approximate surface area is 183 Å². The van der Waals surface area contributed by atoms with Gasteiger partial charge in [0.05, 0.1) is 25.8 Å². The van der Waals surface area contributed by atoms with Crippen molar-refractivity contribution < 1.29 is 23.9 Å². The van der Waals surface area contributed by atoms with E-state index in [1.165, 1.54) is 24.5 Å². The second-order valence-electron chi connectivity index (χ2n) is 6.41. The van der Waals surface area contributed by atoms with Crippen LogP contribution in [0.3, 0.4) is 0 Å². The van der Waals surface area contributed by atoms with E-state index in [0.717, 1.165) is 10.4 Å². The smallest absolute Gasteiger partial charge is 0.410 e. The molecule has 0 unspecified atom stereocenters. The molecular weight excluding hydrogens is 428 g/mol. The number of esters is 1. The monoisotopic (exact) mass is 448 g/mol. The molecule has 158 valence electrons. The number of hydrogen-bond donors (Lipinski definition) is 1. The van der Waals surface area contributed by atoms with Crippen molar-refractivity contribution in [1.29, 1.82) is 0 Å². The molecule has 9 heteroatoms. The van der Waals surface area contributed by atoms with Crippen LogP contribution in [0, 0.1) is 0 Å². The lowest BCUT2D eigenvalue weighted by atomic mass is 10.0. The second-order valence-corrected chi connectivity index (χ2v) is 7.93. The van der Waals surface area contributed by atoms with Gasteiger partial charge < -0.3 is 19.7 Å². The molecule has 1 aromatic carbocycles. The van der Waals surface area contributed by atoms with E-state index in [9.17, 15) is 14.4 Å². The van der Waals surface area contributed by atoms with Crippen molar-refractivity contribution in [3.8, 4) is 0 Å². The van der Waals surface area contributed by atoms with Gasteiger partial charge in [0.1, 0.15) is 5.00 Å². The summed E-state index contributed by atoms with van der Waals surface area (Å²) >= 11 is 7.36. The van der Waals surface area contributed by atoms with Gasteiger partial charge in [-0.3, -0.25) is 4.79 Å². The maximum atomic E-state index is 12.5. The number of amides is 2. The number of methoxy groups -OCH3 is 1. The molecule has 0 spiro atoms. The lowest BCUT2D eigenvalue weighted by molar-refractivity contribution is -0.111. The molecule has 0 atom stereocenters. The summed E-state index contributed by atoms with van der Waals surface area (Å²) in [6.07, 6.45) is 3.03. The largest absolute Gasteiger partial charge is 0.465 e. The van der Waals surface area contributed by atoms with Crippen LogP contribution in [-0.4, -0.2) is 43.1 Å². The van der Waals surface area contributed by atoms with Crippen LogP contribution in [0.25, 0.3) is 6.08 Å². The van der Waals surface area contributed by atoms with Crippen LogP contribution in [-0.2, 0) is 27.2 Å². The van der Waals surface area contributed by atoms with Gasteiger partial charge in [-0.15, -0.1) is 11.3 Å². The van der Waals surface area contributed by atoms with Gasteiger partial charge in [0.25, 0.3) is 0 Å². The number of carbonyl (C=O) groups excluding carboxylic acids is 3. The number of ether oxygens (including phenoxy) is 2.